The maximum absolute atomic E-state index is 10.4. The molecule has 0 saturated heterocycles. The smallest absolute Gasteiger partial charge is 0.307 e. The lowest BCUT2D eigenvalue weighted by molar-refractivity contribution is -0.136. The highest BCUT2D eigenvalue weighted by molar-refractivity contribution is 14.1. The summed E-state index contributed by atoms with van der Waals surface area (Å²) in [4.78, 5) is 10.4. The van der Waals surface area contributed by atoms with E-state index < -0.39 is 5.97 Å². The fourth-order valence-electron chi connectivity index (χ4n) is 0.828. The molecule has 4 heteroatoms. The molecule has 1 aromatic carbocycles. The zero-order valence-corrected chi connectivity index (χ0v) is 9.79. The van der Waals surface area contributed by atoms with Crippen LogP contribution in [0.3, 0.4) is 0 Å². The standard InChI is InChI=1S/C8H6BrIO2/c9-6-2-1-5(3-8(11)12)7(10)4-6/h1-2,4H,3H2,(H,11,12). The molecule has 2 nitrogen and oxygen atoms in total. The quantitative estimate of drug-likeness (QED) is 0.840. The van der Waals surface area contributed by atoms with Gasteiger partial charge in [0.15, 0.2) is 0 Å². The van der Waals surface area contributed by atoms with Crippen LogP contribution in [0.2, 0.25) is 0 Å². The van der Waals surface area contributed by atoms with Gasteiger partial charge in [-0.05, 0) is 40.3 Å². The number of carboxylic acids is 1. The van der Waals surface area contributed by atoms with Gasteiger partial charge in [0.05, 0.1) is 6.42 Å². The molecule has 0 saturated carbocycles. The minimum atomic E-state index is -0.796. The van der Waals surface area contributed by atoms with E-state index in [4.69, 9.17) is 5.11 Å². The van der Waals surface area contributed by atoms with E-state index >= 15 is 0 Å². The number of hydrogen-bond acceptors (Lipinski definition) is 1. The molecule has 0 amide bonds. The summed E-state index contributed by atoms with van der Waals surface area (Å²) >= 11 is 5.44. The lowest BCUT2D eigenvalue weighted by Gasteiger charge is -2.00. The third-order valence-electron chi connectivity index (χ3n) is 1.36. The van der Waals surface area contributed by atoms with E-state index in [0.29, 0.717) is 0 Å². The molecule has 0 atom stereocenters. The van der Waals surface area contributed by atoms with E-state index in [2.05, 4.69) is 38.5 Å². The van der Waals surface area contributed by atoms with Gasteiger partial charge in [-0.25, -0.2) is 0 Å². The van der Waals surface area contributed by atoms with Gasteiger partial charge in [0.1, 0.15) is 0 Å². The molecule has 0 radical (unpaired) electrons. The van der Waals surface area contributed by atoms with Crippen molar-refractivity contribution in [2.45, 2.75) is 6.42 Å². The lowest BCUT2D eigenvalue weighted by atomic mass is 10.2. The van der Waals surface area contributed by atoms with E-state index in [1.807, 2.05) is 18.2 Å². The van der Waals surface area contributed by atoms with Crippen LogP contribution >= 0.6 is 38.5 Å². The van der Waals surface area contributed by atoms with Crippen molar-refractivity contribution >= 4 is 44.5 Å². The van der Waals surface area contributed by atoms with Gasteiger partial charge >= 0.3 is 5.97 Å². The minimum Gasteiger partial charge on any atom is -0.481 e. The van der Waals surface area contributed by atoms with E-state index in [1.54, 1.807) is 0 Å². The van der Waals surface area contributed by atoms with Crippen LogP contribution in [0.15, 0.2) is 22.7 Å². The SMILES string of the molecule is O=C(O)Cc1ccc(Br)cc1I. The molecule has 0 aliphatic carbocycles. The Balaban J connectivity index is 2.93. The van der Waals surface area contributed by atoms with E-state index in [9.17, 15) is 4.79 Å². The predicted molar refractivity (Wildman–Crippen MR) is 58.2 cm³/mol. The fraction of sp³-hybridized carbons (Fsp3) is 0.125. The summed E-state index contributed by atoms with van der Waals surface area (Å²) in [6, 6.07) is 5.57. The van der Waals surface area contributed by atoms with Crippen molar-refractivity contribution in [1.29, 1.82) is 0 Å². The molecule has 64 valence electrons. The van der Waals surface area contributed by atoms with Crippen LogP contribution in [0.25, 0.3) is 0 Å². The molecule has 1 N–H and O–H groups in total. The Labute approximate surface area is 92.2 Å². The van der Waals surface area contributed by atoms with Gasteiger partial charge in [-0.1, -0.05) is 22.0 Å². The van der Waals surface area contributed by atoms with Gasteiger partial charge in [-0.3, -0.25) is 4.79 Å². The molecule has 1 rings (SSSR count). The summed E-state index contributed by atoms with van der Waals surface area (Å²) in [6.45, 7) is 0. The van der Waals surface area contributed by atoms with Crippen LogP contribution in [0, 0.1) is 3.57 Å². The Bertz CT molecular complexity index is 312. The van der Waals surface area contributed by atoms with Crippen molar-refractivity contribution < 1.29 is 9.90 Å². The Morgan fingerprint density at radius 3 is 2.75 bits per heavy atom. The van der Waals surface area contributed by atoms with Gasteiger partial charge in [0.2, 0.25) is 0 Å². The highest BCUT2D eigenvalue weighted by atomic mass is 127. The Kier molecular flexibility index (Phi) is 3.52. The summed E-state index contributed by atoms with van der Waals surface area (Å²) in [6.07, 6.45) is 0.0888. The second kappa shape index (κ2) is 4.23. The van der Waals surface area contributed by atoms with E-state index in [0.717, 1.165) is 13.6 Å². The Morgan fingerprint density at radius 1 is 1.58 bits per heavy atom. The van der Waals surface area contributed by atoms with Crippen LogP contribution in [-0.4, -0.2) is 11.1 Å². The average Bonchev–Trinajstić information content (AvgIpc) is 1.94. The van der Waals surface area contributed by atoms with Crippen molar-refractivity contribution in [2.75, 3.05) is 0 Å². The van der Waals surface area contributed by atoms with Crippen molar-refractivity contribution in [3.8, 4) is 0 Å². The number of carbonyl (C=O) groups is 1. The Morgan fingerprint density at radius 2 is 2.25 bits per heavy atom. The van der Waals surface area contributed by atoms with E-state index in [-0.39, 0.29) is 6.42 Å². The predicted octanol–water partition coefficient (Wildman–Crippen LogP) is 2.68. The fourth-order valence-corrected chi connectivity index (χ4v) is 2.32. The highest BCUT2D eigenvalue weighted by Crippen LogP contribution is 2.18. The second-order valence-corrected chi connectivity index (χ2v) is 4.38. The summed E-state index contributed by atoms with van der Waals surface area (Å²) < 4.78 is 1.95. The second-order valence-electron chi connectivity index (χ2n) is 2.31. The number of rotatable bonds is 2. The van der Waals surface area contributed by atoms with Crippen LogP contribution in [-0.2, 0) is 11.2 Å². The number of carboxylic acid groups (broad SMARTS) is 1. The number of halogens is 2. The third-order valence-corrected chi connectivity index (χ3v) is 2.85. The molecule has 1 aromatic rings. The van der Waals surface area contributed by atoms with Crippen molar-refractivity contribution in [3.63, 3.8) is 0 Å². The first-order valence-electron chi connectivity index (χ1n) is 3.25. The molecule has 0 unspecified atom stereocenters. The van der Waals surface area contributed by atoms with Gasteiger partial charge < -0.3 is 5.11 Å². The minimum absolute atomic E-state index is 0.0888. The summed E-state index contributed by atoms with van der Waals surface area (Å²) in [5, 5.41) is 8.55. The first-order chi connectivity index (χ1) is 5.59. The summed E-state index contributed by atoms with van der Waals surface area (Å²) in [5.41, 5.74) is 0.853. The first kappa shape index (κ1) is 9.98. The normalized spacial score (nSPS) is 9.83. The first-order valence-corrected chi connectivity index (χ1v) is 5.12. The molecular formula is C8H6BrIO2. The monoisotopic (exact) mass is 340 g/mol. The van der Waals surface area contributed by atoms with E-state index in [1.165, 1.54) is 0 Å². The number of hydrogen-bond donors (Lipinski definition) is 1. The zero-order valence-electron chi connectivity index (χ0n) is 6.05. The van der Waals surface area contributed by atoms with Crippen molar-refractivity contribution in [3.05, 3.63) is 31.8 Å². The van der Waals surface area contributed by atoms with Gasteiger partial charge in [-0.2, -0.15) is 0 Å². The van der Waals surface area contributed by atoms with Gasteiger partial charge in [-0.15, -0.1) is 0 Å². The van der Waals surface area contributed by atoms with Crippen LogP contribution in [0.5, 0.6) is 0 Å². The molecule has 0 fully saturated rings. The van der Waals surface area contributed by atoms with Crippen molar-refractivity contribution in [1.82, 2.24) is 0 Å². The van der Waals surface area contributed by atoms with Crippen LogP contribution in [0.1, 0.15) is 5.56 Å². The Hall–Kier alpha value is -0.100. The summed E-state index contributed by atoms with van der Waals surface area (Å²) in [7, 11) is 0. The van der Waals surface area contributed by atoms with Crippen LogP contribution in [0.4, 0.5) is 0 Å². The molecule has 12 heavy (non-hydrogen) atoms. The highest BCUT2D eigenvalue weighted by Gasteiger charge is 2.04. The molecule has 0 bridgehead atoms. The van der Waals surface area contributed by atoms with Gasteiger partial charge in [0, 0.05) is 8.04 Å². The maximum Gasteiger partial charge on any atom is 0.307 e. The van der Waals surface area contributed by atoms with Gasteiger partial charge in [0.25, 0.3) is 0 Å². The molecular weight excluding hydrogens is 335 g/mol. The topological polar surface area (TPSA) is 37.3 Å². The van der Waals surface area contributed by atoms with Crippen LogP contribution < -0.4 is 0 Å². The van der Waals surface area contributed by atoms with Crippen molar-refractivity contribution in [2.24, 2.45) is 0 Å². The lowest BCUT2D eigenvalue weighted by Crippen LogP contribution is -2.01. The zero-order chi connectivity index (χ0) is 9.14. The molecule has 0 heterocycles. The maximum atomic E-state index is 10.4. The summed E-state index contributed by atoms with van der Waals surface area (Å²) in [5.74, 6) is -0.796. The third kappa shape index (κ3) is 2.75. The number of aliphatic carboxylic acids is 1. The number of benzene rings is 1. The molecule has 0 aliphatic heterocycles. The molecule has 0 aromatic heterocycles. The molecule has 0 aliphatic rings. The average molecular weight is 341 g/mol. The largest absolute Gasteiger partial charge is 0.481 e. The molecule has 0 spiro atoms.